The molecule has 4 rings (SSSR count). The molecule has 0 aliphatic carbocycles. The van der Waals surface area contributed by atoms with Gasteiger partial charge in [0.2, 0.25) is 0 Å². The summed E-state index contributed by atoms with van der Waals surface area (Å²) < 4.78 is 5.73. The topological polar surface area (TPSA) is 67.8 Å². The smallest absolute Gasteiger partial charge is 0.251 e. The van der Waals surface area contributed by atoms with Gasteiger partial charge in [0, 0.05) is 31.7 Å². The van der Waals surface area contributed by atoms with E-state index >= 15 is 0 Å². The normalized spacial score (nSPS) is 31.0. The fraction of sp³-hybridized carbons (Fsp3) is 0.688. The van der Waals surface area contributed by atoms with Crippen molar-refractivity contribution in [2.75, 3.05) is 44.4 Å². The molecule has 3 saturated heterocycles. The number of ether oxygens (including phenoxy) is 1. The molecule has 7 heteroatoms. The highest BCUT2D eigenvalue weighted by Crippen LogP contribution is 2.36. The number of hydroxylamine groups is 2. The van der Waals surface area contributed by atoms with Gasteiger partial charge >= 0.3 is 0 Å². The maximum Gasteiger partial charge on any atom is 0.251 e. The van der Waals surface area contributed by atoms with Gasteiger partial charge in [0.05, 0.1) is 25.7 Å². The van der Waals surface area contributed by atoms with E-state index in [-0.39, 0.29) is 11.8 Å². The highest BCUT2D eigenvalue weighted by atomic mass is 16.7. The maximum absolute atomic E-state index is 12.8. The predicted molar refractivity (Wildman–Crippen MR) is 82.4 cm³/mol. The molecule has 0 bridgehead atoms. The molecule has 3 atom stereocenters. The number of carbonyl (C=O) groups is 1. The number of anilines is 1. The zero-order valence-electron chi connectivity index (χ0n) is 13.1. The Hall–Kier alpha value is -1.73. The van der Waals surface area contributed by atoms with Crippen molar-refractivity contribution >= 4 is 11.7 Å². The van der Waals surface area contributed by atoms with E-state index in [1.54, 1.807) is 17.6 Å². The third kappa shape index (κ3) is 2.90. The average molecular weight is 318 g/mol. The molecule has 0 unspecified atom stereocenters. The summed E-state index contributed by atoms with van der Waals surface area (Å²) in [7, 11) is 0. The van der Waals surface area contributed by atoms with Crippen LogP contribution in [0, 0.1) is 17.8 Å². The lowest BCUT2D eigenvalue weighted by atomic mass is 9.82. The zero-order valence-corrected chi connectivity index (χ0v) is 13.1. The minimum atomic E-state index is -0.112. The van der Waals surface area contributed by atoms with Crippen LogP contribution in [0.15, 0.2) is 18.6 Å². The van der Waals surface area contributed by atoms with Gasteiger partial charge in [-0.2, -0.15) is 0 Å². The minimum Gasteiger partial charge on any atom is -0.380 e. The molecule has 0 N–H and O–H groups in total. The summed E-state index contributed by atoms with van der Waals surface area (Å²) in [5.41, 5.74) is 0. The van der Waals surface area contributed by atoms with Crippen LogP contribution in [0.2, 0.25) is 0 Å². The van der Waals surface area contributed by atoms with Gasteiger partial charge in [-0.05, 0) is 24.8 Å². The first-order valence-electron chi connectivity index (χ1n) is 8.36. The predicted octanol–water partition coefficient (Wildman–Crippen LogP) is 0.729. The first-order valence-corrected chi connectivity index (χ1v) is 8.36. The molecule has 1 aromatic rings. The summed E-state index contributed by atoms with van der Waals surface area (Å²) in [6, 6.07) is 1.92. The monoisotopic (exact) mass is 318 g/mol. The van der Waals surface area contributed by atoms with E-state index in [4.69, 9.17) is 9.57 Å². The summed E-state index contributed by atoms with van der Waals surface area (Å²) in [5.74, 6) is 1.58. The van der Waals surface area contributed by atoms with E-state index in [9.17, 15) is 4.79 Å². The van der Waals surface area contributed by atoms with Crippen molar-refractivity contribution in [2.24, 2.45) is 17.8 Å². The van der Waals surface area contributed by atoms with Crippen LogP contribution in [0.25, 0.3) is 0 Å². The number of hydrogen-bond acceptors (Lipinski definition) is 6. The van der Waals surface area contributed by atoms with Gasteiger partial charge in [-0.1, -0.05) is 0 Å². The Morgan fingerprint density at radius 3 is 3.00 bits per heavy atom. The number of aromatic nitrogens is 2. The van der Waals surface area contributed by atoms with Crippen LogP contribution in [-0.4, -0.2) is 60.4 Å². The molecule has 23 heavy (non-hydrogen) atoms. The Balaban J connectivity index is 1.48. The van der Waals surface area contributed by atoms with E-state index in [0.29, 0.717) is 31.6 Å². The Kier molecular flexibility index (Phi) is 4.13. The molecule has 3 aliphatic heterocycles. The van der Waals surface area contributed by atoms with Gasteiger partial charge < -0.3 is 9.64 Å². The second-order valence-electron chi connectivity index (χ2n) is 6.52. The van der Waals surface area contributed by atoms with Crippen LogP contribution in [0.3, 0.4) is 0 Å². The summed E-state index contributed by atoms with van der Waals surface area (Å²) in [5, 5.41) is 1.56. The standard InChI is InChI=1S/C16H22N4O3/c21-16(20-5-1-2-6-23-20)14-10-22-9-12-7-19(8-13(12)14)15-3-4-17-11-18-15/h3-4,11-14H,1-2,5-10H2/t12-,13-,14-/m1/s1. The van der Waals surface area contributed by atoms with Crippen LogP contribution in [-0.2, 0) is 14.4 Å². The Morgan fingerprint density at radius 1 is 1.26 bits per heavy atom. The molecule has 0 spiro atoms. The second-order valence-corrected chi connectivity index (χ2v) is 6.52. The molecule has 3 aliphatic rings. The van der Waals surface area contributed by atoms with Crippen LogP contribution < -0.4 is 4.90 Å². The number of carbonyl (C=O) groups excluding carboxylic acids is 1. The minimum absolute atomic E-state index is 0.0870. The number of fused-ring (bicyclic) bond motifs is 1. The zero-order chi connectivity index (χ0) is 15.6. The molecule has 0 aromatic carbocycles. The molecule has 4 heterocycles. The summed E-state index contributed by atoms with van der Waals surface area (Å²) in [6.07, 6.45) is 5.36. The van der Waals surface area contributed by atoms with Gasteiger partial charge in [-0.3, -0.25) is 9.63 Å². The fourth-order valence-electron chi connectivity index (χ4n) is 3.87. The fourth-order valence-corrected chi connectivity index (χ4v) is 3.87. The number of amides is 1. The largest absolute Gasteiger partial charge is 0.380 e. The summed E-state index contributed by atoms with van der Waals surface area (Å²) in [6.45, 7) is 4.28. The number of nitrogens with zero attached hydrogens (tertiary/aromatic N) is 4. The van der Waals surface area contributed by atoms with Crippen molar-refractivity contribution in [2.45, 2.75) is 12.8 Å². The SMILES string of the molecule is O=C([C@@H]1COC[C@H]2CN(c3ccncn3)C[C@H]21)N1CCCCO1. The van der Waals surface area contributed by atoms with Gasteiger partial charge in [0.25, 0.3) is 5.91 Å². The molecule has 3 fully saturated rings. The molecular formula is C16H22N4O3. The quantitative estimate of drug-likeness (QED) is 0.801. The van der Waals surface area contributed by atoms with Crippen LogP contribution in [0.4, 0.5) is 5.82 Å². The van der Waals surface area contributed by atoms with Gasteiger partial charge in [-0.25, -0.2) is 15.0 Å². The Labute approximate surface area is 135 Å². The van der Waals surface area contributed by atoms with Crippen LogP contribution in [0.1, 0.15) is 12.8 Å². The van der Waals surface area contributed by atoms with Crippen LogP contribution in [0.5, 0.6) is 0 Å². The van der Waals surface area contributed by atoms with Crippen molar-refractivity contribution in [3.05, 3.63) is 18.6 Å². The van der Waals surface area contributed by atoms with Gasteiger partial charge in [0.15, 0.2) is 0 Å². The van der Waals surface area contributed by atoms with Crippen molar-refractivity contribution in [1.29, 1.82) is 0 Å². The first kappa shape index (κ1) is 14.8. The molecule has 124 valence electrons. The Bertz CT molecular complexity index is 550. The lowest BCUT2D eigenvalue weighted by Gasteiger charge is -2.36. The molecule has 1 aromatic heterocycles. The van der Waals surface area contributed by atoms with Crippen LogP contribution >= 0.6 is 0 Å². The molecule has 0 radical (unpaired) electrons. The average Bonchev–Trinajstić information content (AvgIpc) is 3.07. The van der Waals surface area contributed by atoms with Crippen molar-refractivity contribution < 1.29 is 14.4 Å². The molecule has 0 saturated carbocycles. The summed E-state index contributed by atoms with van der Waals surface area (Å²) >= 11 is 0. The number of rotatable bonds is 2. The van der Waals surface area contributed by atoms with E-state index in [1.807, 2.05) is 6.07 Å². The van der Waals surface area contributed by atoms with Crippen molar-refractivity contribution in [1.82, 2.24) is 15.0 Å². The maximum atomic E-state index is 12.8. The second kappa shape index (κ2) is 6.41. The highest BCUT2D eigenvalue weighted by Gasteiger charge is 2.45. The van der Waals surface area contributed by atoms with E-state index in [2.05, 4.69) is 14.9 Å². The lowest BCUT2D eigenvalue weighted by Crippen LogP contribution is -2.47. The lowest BCUT2D eigenvalue weighted by molar-refractivity contribution is -0.207. The third-order valence-electron chi connectivity index (χ3n) is 5.09. The first-order chi connectivity index (χ1) is 11.3. The van der Waals surface area contributed by atoms with Crippen molar-refractivity contribution in [3.8, 4) is 0 Å². The molecule has 7 nitrogen and oxygen atoms in total. The van der Waals surface area contributed by atoms with Gasteiger partial charge in [-0.15, -0.1) is 0 Å². The third-order valence-corrected chi connectivity index (χ3v) is 5.09. The van der Waals surface area contributed by atoms with E-state index < -0.39 is 0 Å². The molecule has 1 amide bonds. The van der Waals surface area contributed by atoms with E-state index in [0.717, 1.165) is 38.4 Å². The summed E-state index contributed by atoms with van der Waals surface area (Å²) in [4.78, 5) is 28.9. The van der Waals surface area contributed by atoms with E-state index in [1.165, 1.54) is 0 Å². The van der Waals surface area contributed by atoms with Crippen molar-refractivity contribution in [3.63, 3.8) is 0 Å². The van der Waals surface area contributed by atoms with Gasteiger partial charge in [0.1, 0.15) is 12.1 Å². The molecular weight excluding hydrogens is 296 g/mol. The Morgan fingerprint density at radius 2 is 2.22 bits per heavy atom. The number of hydrogen-bond donors (Lipinski definition) is 0. The highest BCUT2D eigenvalue weighted by molar-refractivity contribution is 5.78.